The molecule has 2 aliphatic rings. The second-order valence-electron chi connectivity index (χ2n) is 9.33. The molecular weight excluding hydrogens is 436 g/mol. The number of anilines is 1. The Kier molecular flexibility index (Phi) is 4.21. The maximum absolute atomic E-state index is 14.2. The summed E-state index contributed by atoms with van der Waals surface area (Å²) in [6.45, 7) is 0. The molecule has 7 rings (SSSR count). The van der Waals surface area contributed by atoms with E-state index in [9.17, 15) is 9.59 Å². The molecule has 5 aromatic rings. The number of imidazole rings is 1. The Morgan fingerprint density at radius 3 is 2.20 bits per heavy atom. The molecule has 1 aliphatic carbocycles. The van der Waals surface area contributed by atoms with Gasteiger partial charge in [-0.15, -0.1) is 0 Å². The lowest BCUT2D eigenvalue weighted by Crippen LogP contribution is -2.51. The van der Waals surface area contributed by atoms with E-state index in [1.807, 2.05) is 77.2 Å². The molecule has 0 saturated heterocycles. The third kappa shape index (κ3) is 2.71. The van der Waals surface area contributed by atoms with Gasteiger partial charge >= 0.3 is 0 Å². The number of hydrogen-bond acceptors (Lipinski definition) is 4. The van der Waals surface area contributed by atoms with E-state index in [4.69, 9.17) is 9.97 Å². The van der Waals surface area contributed by atoms with Gasteiger partial charge in [-0.05, 0) is 37.1 Å². The topological polar surface area (TPSA) is 67.6 Å². The average Bonchev–Trinajstić information content (AvgIpc) is 3.60. The Labute approximate surface area is 201 Å². The van der Waals surface area contributed by atoms with Crippen molar-refractivity contribution in [1.29, 1.82) is 0 Å². The minimum Gasteiger partial charge on any atom is -0.291 e. The van der Waals surface area contributed by atoms with Gasteiger partial charge in [-0.25, -0.2) is 9.97 Å². The number of hydrogen-bond donors (Lipinski definition) is 0. The first-order valence-corrected chi connectivity index (χ1v) is 12.0. The number of fused-ring (bicyclic) bond motifs is 5. The lowest BCUT2D eigenvalue weighted by molar-refractivity contribution is 0.0847. The maximum Gasteiger partial charge on any atom is 0.260 e. The largest absolute Gasteiger partial charge is 0.291 e. The summed E-state index contributed by atoms with van der Waals surface area (Å²) < 4.78 is 1.97. The van der Waals surface area contributed by atoms with Crippen LogP contribution < -0.4 is 4.90 Å². The molecule has 1 saturated carbocycles. The van der Waals surface area contributed by atoms with Crippen LogP contribution in [0.5, 0.6) is 0 Å². The molecular formula is C29H22N4O2. The number of carbonyl (C=O) groups excluding carboxylic acids is 2. The first-order valence-electron chi connectivity index (χ1n) is 12.0. The van der Waals surface area contributed by atoms with Gasteiger partial charge in [0, 0.05) is 11.1 Å². The lowest BCUT2D eigenvalue weighted by Gasteiger charge is -2.33. The number of rotatable bonds is 2. The minimum absolute atomic E-state index is 0.0401. The van der Waals surface area contributed by atoms with Gasteiger partial charge in [0.25, 0.3) is 5.91 Å². The molecule has 3 heterocycles. The molecule has 1 amide bonds. The Bertz CT molecular complexity index is 1630. The molecule has 2 aromatic heterocycles. The van der Waals surface area contributed by atoms with Crippen molar-refractivity contribution in [1.82, 2.24) is 14.4 Å². The van der Waals surface area contributed by atoms with Crippen LogP contribution in [-0.2, 0) is 0 Å². The molecule has 6 nitrogen and oxygen atoms in total. The monoisotopic (exact) mass is 458 g/mol. The van der Waals surface area contributed by atoms with Crippen LogP contribution >= 0.6 is 0 Å². The van der Waals surface area contributed by atoms with Gasteiger partial charge in [-0.3, -0.25) is 18.9 Å². The van der Waals surface area contributed by atoms with Crippen LogP contribution in [0.15, 0.2) is 84.9 Å². The van der Waals surface area contributed by atoms with Gasteiger partial charge in [-0.2, -0.15) is 0 Å². The fourth-order valence-electron chi connectivity index (χ4n) is 5.81. The van der Waals surface area contributed by atoms with Crippen molar-refractivity contribution in [2.45, 2.75) is 31.2 Å². The summed E-state index contributed by atoms with van der Waals surface area (Å²) in [6.07, 6.45) is 3.06. The summed E-state index contributed by atoms with van der Waals surface area (Å²) in [5, 5.41) is 0. The number of amides is 1. The van der Waals surface area contributed by atoms with E-state index >= 15 is 0 Å². The molecule has 0 bridgehead atoms. The number of benzene rings is 3. The predicted octanol–water partition coefficient (Wildman–Crippen LogP) is 5.71. The normalized spacial score (nSPS) is 16.5. The van der Waals surface area contributed by atoms with E-state index in [1.54, 1.807) is 17.0 Å². The minimum atomic E-state index is -0.907. The summed E-state index contributed by atoms with van der Waals surface area (Å²) in [6, 6.07) is 26.9. The quantitative estimate of drug-likeness (QED) is 0.340. The Hall–Kier alpha value is -4.32. The van der Waals surface area contributed by atoms with Crippen molar-refractivity contribution in [2.75, 3.05) is 4.90 Å². The van der Waals surface area contributed by atoms with Gasteiger partial charge in [-0.1, -0.05) is 73.5 Å². The van der Waals surface area contributed by atoms with Gasteiger partial charge in [0.1, 0.15) is 16.9 Å². The first-order chi connectivity index (χ1) is 17.2. The molecule has 1 spiro atoms. The highest BCUT2D eigenvalue weighted by Crippen LogP contribution is 2.49. The Morgan fingerprint density at radius 2 is 1.46 bits per heavy atom. The highest BCUT2D eigenvalue weighted by molar-refractivity contribution is 6.25. The SMILES string of the molecule is O=C(c1ccccc1)N1c2nc(-c3ccccc3)n3c(nc4ccccc43)c2C(=O)C12CCCC2. The van der Waals surface area contributed by atoms with Crippen molar-refractivity contribution in [3.05, 3.63) is 96.1 Å². The number of para-hydroxylation sites is 2. The van der Waals surface area contributed by atoms with Crippen molar-refractivity contribution in [2.24, 2.45) is 0 Å². The fourth-order valence-corrected chi connectivity index (χ4v) is 5.81. The molecule has 170 valence electrons. The van der Waals surface area contributed by atoms with E-state index in [1.165, 1.54) is 0 Å². The van der Waals surface area contributed by atoms with Crippen molar-refractivity contribution >= 4 is 34.2 Å². The third-order valence-electron chi connectivity index (χ3n) is 7.41. The van der Waals surface area contributed by atoms with Gasteiger partial charge < -0.3 is 0 Å². The first kappa shape index (κ1) is 20.1. The number of carbonyl (C=O) groups is 2. The van der Waals surface area contributed by atoms with Crippen LogP contribution in [-0.4, -0.2) is 31.6 Å². The van der Waals surface area contributed by atoms with Crippen LogP contribution in [0.3, 0.4) is 0 Å². The Morgan fingerprint density at radius 1 is 0.800 bits per heavy atom. The van der Waals surface area contributed by atoms with Crippen molar-refractivity contribution in [3.8, 4) is 11.4 Å². The molecule has 3 aromatic carbocycles. The Balaban J connectivity index is 1.59. The zero-order valence-corrected chi connectivity index (χ0v) is 19.0. The molecule has 0 radical (unpaired) electrons. The van der Waals surface area contributed by atoms with Crippen LogP contribution in [0.1, 0.15) is 46.4 Å². The highest BCUT2D eigenvalue weighted by atomic mass is 16.2. The van der Waals surface area contributed by atoms with Crippen LogP contribution in [0, 0.1) is 0 Å². The summed E-state index contributed by atoms with van der Waals surface area (Å²) in [5.41, 5.74) is 3.24. The molecule has 6 heteroatoms. The van der Waals surface area contributed by atoms with Crippen molar-refractivity contribution in [3.63, 3.8) is 0 Å². The smallest absolute Gasteiger partial charge is 0.260 e. The highest BCUT2D eigenvalue weighted by Gasteiger charge is 2.57. The molecule has 1 aliphatic heterocycles. The van der Waals surface area contributed by atoms with Crippen LogP contribution in [0.2, 0.25) is 0 Å². The molecule has 0 atom stereocenters. The van der Waals surface area contributed by atoms with E-state index in [2.05, 4.69) is 0 Å². The zero-order valence-electron chi connectivity index (χ0n) is 19.0. The maximum atomic E-state index is 14.2. The van der Waals surface area contributed by atoms with E-state index in [-0.39, 0.29) is 11.7 Å². The molecule has 0 unspecified atom stereocenters. The lowest BCUT2D eigenvalue weighted by atomic mass is 9.90. The van der Waals surface area contributed by atoms with Gasteiger partial charge in [0.2, 0.25) is 0 Å². The second-order valence-corrected chi connectivity index (χ2v) is 9.33. The number of aromatic nitrogens is 3. The number of Topliss-reactive ketones (excluding diaryl/α,β-unsaturated/α-hetero) is 1. The molecule has 1 fully saturated rings. The summed E-state index contributed by atoms with van der Waals surface area (Å²) in [5.74, 6) is 0.863. The van der Waals surface area contributed by atoms with Gasteiger partial charge in [0.15, 0.2) is 17.2 Å². The number of nitrogens with zero attached hydrogens (tertiary/aromatic N) is 4. The van der Waals surface area contributed by atoms with E-state index in [0.717, 1.165) is 29.4 Å². The number of ketones is 1. The van der Waals surface area contributed by atoms with E-state index in [0.29, 0.717) is 41.3 Å². The molecule has 35 heavy (non-hydrogen) atoms. The fraction of sp³-hybridized carbons (Fsp3) is 0.172. The predicted molar refractivity (Wildman–Crippen MR) is 135 cm³/mol. The van der Waals surface area contributed by atoms with Gasteiger partial charge in [0.05, 0.1) is 11.0 Å². The third-order valence-corrected chi connectivity index (χ3v) is 7.41. The average molecular weight is 459 g/mol. The zero-order chi connectivity index (χ0) is 23.6. The van der Waals surface area contributed by atoms with E-state index < -0.39 is 5.54 Å². The summed E-state index contributed by atoms with van der Waals surface area (Å²) in [7, 11) is 0. The van der Waals surface area contributed by atoms with Crippen LogP contribution in [0.4, 0.5) is 5.82 Å². The van der Waals surface area contributed by atoms with Crippen molar-refractivity contribution < 1.29 is 9.59 Å². The standard InChI is InChI=1S/C29H22N4O2/c34-24-23-26-30-21-15-7-8-16-22(21)32(26)25(19-11-3-1-4-12-19)31-27(23)33(29(24)17-9-10-18-29)28(35)20-13-5-2-6-14-20/h1-8,11-16H,9-10,17-18H2. The second kappa shape index (κ2) is 7.34. The molecule has 0 N–H and O–H groups in total. The summed E-state index contributed by atoms with van der Waals surface area (Å²) >= 11 is 0. The summed E-state index contributed by atoms with van der Waals surface area (Å²) in [4.78, 5) is 39.9. The van der Waals surface area contributed by atoms with Crippen LogP contribution in [0.25, 0.3) is 28.1 Å².